The van der Waals surface area contributed by atoms with Crippen molar-refractivity contribution in [2.24, 2.45) is 14.1 Å². The van der Waals surface area contributed by atoms with Crippen LogP contribution in [0.5, 0.6) is 11.5 Å². The molecule has 1 aromatic carbocycles. The Kier molecular flexibility index (Phi) is 6.94. The van der Waals surface area contributed by atoms with E-state index in [1.807, 2.05) is 4.57 Å². The molecule has 184 valence electrons. The van der Waals surface area contributed by atoms with Crippen molar-refractivity contribution in [1.82, 2.24) is 24.0 Å². The Bertz CT molecular complexity index is 1290. The van der Waals surface area contributed by atoms with E-state index in [-0.39, 0.29) is 23.6 Å². The maximum atomic E-state index is 13.0. The minimum atomic E-state index is -0.841. The van der Waals surface area contributed by atoms with E-state index in [1.165, 1.54) is 30.2 Å². The summed E-state index contributed by atoms with van der Waals surface area (Å²) in [6, 6.07) is 4.24. The number of piperidine rings is 1. The van der Waals surface area contributed by atoms with Crippen molar-refractivity contribution in [3.05, 3.63) is 44.6 Å². The van der Waals surface area contributed by atoms with Gasteiger partial charge in [-0.15, -0.1) is 0 Å². The molecule has 11 nitrogen and oxygen atoms in total. The van der Waals surface area contributed by atoms with E-state index in [4.69, 9.17) is 4.98 Å². The molecule has 3 heterocycles. The zero-order valence-corrected chi connectivity index (χ0v) is 19.6. The Morgan fingerprint density at radius 2 is 1.79 bits per heavy atom. The molecule has 1 unspecified atom stereocenters. The lowest BCUT2D eigenvalue weighted by Crippen LogP contribution is -2.37. The van der Waals surface area contributed by atoms with Gasteiger partial charge in [0, 0.05) is 40.3 Å². The summed E-state index contributed by atoms with van der Waals surface area (Å²) in [5.74, 6) is 0.210. The number of imidazole rings is 1. The number of fused-ring (bicyclic) bond motifs is 1. The zero-order chi connectivity index (χ0) is 24.4. The van der Waals surface area contributed by atoms with Crippen LogP contribution in [0.2, 0.25) is 0 Å². The highest BCUT2D eigenvalue weighted by Crippen LogP contribution is 2.27. The lowest BCUT2D eigenvalue weighted by Gasteiger charge is -2.28. The van der Waals surface area contributed by atoms with Gasteiger partial charge in [-0.2, -0.15) is 4.98 Å². The third-order valence-electron chi connectivity index (χ3n) is 6.42. The van der Waals surface area contributed by atoms with Crippen LogP contribution in [0, 0.1) is 0 Å². The van der Waals surface area contributed by atoms with Crippen molar-refractivity contribution >= 4 is 17.1 Å². The molecule has 1 saturated heterocycles. The summed E-state index contributed by atoms with van der Waals surface area (Å²) in [6.07, 6.45) is 3.12. The minimum absolute atomic E-state index is 0.232. The molecule has 0 spiro atoms. The second kappa shape index (κ2) is 9.90. The molecule has 1 fully saturated rings. The van der Waals surface area contributed by atoms with E-state index < -0.39 is 11.8 Å². The highest BCUT2D eigenvalue weighted by atomic mass is 16.3. The fraction of sp³-hybridized carbons (Fsp3) is 0.522. The third-order valence-corrected chi connectivity index (χ3v) is 6.42. The minimum Gasteiger partial charge on any atom is -0.504 e. The van der Waals surface area contributed by atoms with Crippen LogP contribution in [-0.4, -0.2) is 60.2 Å². The standard InChI is InChI=1S/C23H32N6O5/c1-26-20-19(21(33)27(2)23(26)34)29(22(25-20)28-10-4-3-5-11-28)12-6-9-24-14-18(32)15-7-8-16(30)17(31)13-15/h7-8,13,18,24,30-32H,3-6,9-12,14H2,1-2H3. The predicted octanol–water partition coefficient (Wildman–Crippen LogP) is 0.548. The largest absolute Gasteiger partial charge is 0.504 e. The number of phenols is 2. The molecule has 1 aliphatic heterocycles. The molecule has 1 aliphatic rings. The Morgan fingerprint density at radius 3 is 2.50 bits per heavy atom. The van der Waals surface area contributed by atoms with Crippen molar-refractivity contribution in [2.45, 2.75) is 38.3 Å². The van der Waals surface area contributed by atoms with Crippen molar-refractivity contribution in [1.29, 1.82) is 0 Å². The number of nitrogens with one attached hydrogen (secondary N) is 1. The number of phenolic OH excluding ortho intramolecular Hbond substituents is 2. The molecule has 4 rings (SSSR count). The van der Waals surface area contributed by atoms with Crippen LogP contribution in [0.15, 0.2) is 27.8 Å². The van der Waals surface area contributed by atoms with Crippen LogP contribution < -0.4 is 21.5 Å². The Labute approximate surface area is 196 Å². The van der Waals surface area contributed by atoms with Gasteiger partial charge in [-0.3, -0.25) is 13.9 Å². The van der Waals surface area contributed by atoms with E-state index in [0.29, 0.717) is 42.2 Å². The van der Waals surface area contributed by atoms with Crippen molar-refractivity contribution in [3.63, 3.8) is 0 Å². The Hall–Kier alpha value is -3.31. The van der Waals surface area contributed by atoms with Gasteiger partial charge in [0.15, 0.2) is 22.7 Å². The first-order valence-corrected chi connectivity index (χ1v) is 11.6. The highest BCUT2D eigenvalue weighted by molar-refractivity contribution is 5.74. The van der Waals surface area contributed by atoms with E-state index >= 15 is 0 Å². The molecule has 4 N–H and O–H groups in total. The van der Waals surface area contributed by atoms with E-state index in [0.717, 1.165) is 30.5 Å². The molecule has 11 heteroatoms. The van der Waals surface area contributed by atoms with Crippen molar-refractivity contribution < 1.29 is 15.3 Å². The Balaban J connectivity index is 1.49. The lowest BCUT2D eigenvalue weighted by atomic mass is 10.1. The summed E-state index contributed by atoms with van der Waals surface area (Å²) in [4.78, 5) is 32.3. The number of anilines is 1. The summed E-state index contributed by atoms with van der Waals surface area (Å²) in [6.45, 7) is 3.10. The Morgan fingerprint density at radius 1 is 1.06 bits per heavy atom. The number of hydrogen-bond donors (Lipinski definition) is 4. The average molecular weight is 473 g/mol. The second-order valence-electron chi connectivity index (χ2n) is 8.81. The van der Waals surface area contributed by atoms with Crippen LogP contribution in [0.3, 0.4) is 0 Å². The van der Waals surface area contributed by atoms with Crippen LogP contribution in [0.4, 0.5) is 5.95 Å². The first-order valence-electron chi connectivity index (χ1n) is 11.6. The maximum absolute atomic E-state index is 13.0. The zero-order valence-electron chi connectivity index (χ0n) is 19.6. The quantitative estimate of drug-likeness (QED) is 0.275. The van der Waals surface area contributed by atoms with Gasteiger partial charge < -0.3 is 30.1 Å². The number of aliphatic hydroxyl groups excluding tert-OH is 1. The molecule has 0 aliphatic carbocycles. The lowest BCUT2D eigenvalue weighted by molar-refractivity contribution is 0.174. The fourth-order valence-electron chi connectivity index (χ4n) is 4.45. The summed E-state index contributed by atoms with van der Waals surface area (Å²) >= 11 is 0. The molecule has 3 aromatic rings. The van der Waals surface area contributed by atoms with E-state index in [2.05, 4.69) is 10.2 Å². The van der Waals surface area contributed by atoms with Crippen LogP contribution >= 0.6 is 0 Å². The number of benzene rings is 1. The first kappa shape index (κ1) is 23.8. The van der Waals surface area contributed by atoms with Gasteiger partial charge in [0.25, 0.3) is 5.56 Å². The topological polar surface area (TPSA) is 138 Å². The second-order valence-corrected chi connectivity index (χ2v) is 8.81. The summed E-state index contributed by atoms with van der Waals surface area (Å²) in [5.41, 5.74) is 0.557. The maximum Gasteiger partial charge on any atom is 0.332 e. The third kappa shape index (κ3) is 4.53. The normalized spacial score (nSPS) is 15.2. The fourth-order valence-corrected chi connectivity index (χ4v) is 4.45. The number of nitrogens with zero attached hydrogens (tertiary/aromatic N) is 5. The van der Waals surface area contributed by atoms with Crippen molar-refractivity contribution in [3.8, 4) is 11.5 Å². The monoisotopic (exact) mass is 472 g/mol. The molecular weight excluding hydrogens is 440 g/mol. The van der Waals surface area contributed by atoms with Gasteiger partial charge in [-0.05, 0) is 49.9 Å². The molecular formula is C23H32N6O5. The number of hydrogen-bond acceptors (Lipinski definition) is 8. The molecule has 0 bridgehead atoms. The van der Waals surface area contributed by atoms with Crippen LogP contribution in [-0.2, 0) is 20.6 Å². The number of aromatic nitrogens is 4. The summed E-state index contributed by atoms with van der Waals surface area (Å²) in [5, 5.41) is 32.6. The number of aryl methyl sites for hydroxylation is 2. The molecule has 2 aromatic heterocycles. The van der Waals surface area contributed by atoms with Gasteiger partial charge in [0.1, 0.15) is 0 Å². The molecule has 0 saturated carbocycles. The highest BCUT2D eigenvalue weighted by Gasteiger charge is 2.23. The number of aliphatic hydroxyl groups is 1. The van der Waals surface area contributed by atoms with Gasteiger partial charge in [-0.1, -0.05) is 6.07 Å². The molecule has 0 radical (unpaired) electrons. The molecule has 34 heavy (non-hydrogen) atoms. The molecule has 1 atom stereocenters. The smallest absolute Gasteiger partial charge is 0.332 e. The van der Waals surface area contributed by atoms with Crippen LogP contribution in [0.25, 0.3) is 11.2 Å². The summed E-state index contributed by atoms with van der Waals surface area (Å²) < 4.78 is 4.45. The summed E-state index contributed by atoms with van der Waals surface area (Å²) in [7, 11) is 3.11. The van der Waals surface area contributed by atoms with Gasteiger partial charge in [-0.25, -0.2) is 4.79 Å². The van der Waals surface area contributed by atoms with E-state index in [9.17, 15) is 24.9 Å². The SMILES string of the molecule is Cn1c(=O)c2c(nc(N3CCCCC3)n2CCCNCC(O)c2ccc(O)c(O)c2)n(C)c1=O. The number of aromatic hydroxyl groups is 2. The predicted molar refractivity (Wildman–Crippen MR) is 128 cm³/mol. The number of rotatable bonds is 8. The first-order chi connectivity index (χ1) is 16.3. The molecule has 0 amide bonds. The van der Waals surface area contributed by atoms with E-state index in [1.54, 1.807) is 13.1 Å². The van der Waals surface area contributed by atoms with Crippen LogP contribution in [0.1, 0.15) is 37.4 Å². The average Bonchev–Trinajstić information content (AvgIpc) is 3.23. The van der Waals surface area contributed by atoms with Gasteiger partial charge in [0.2, 0.25) is 5.95 Å². The van der Waals surface area contributed by atoms with Gasteiger partial charge >= 0.3 is 5.69 Å². The van der Waals surface area contributed by atoms with Crippen molar-refractivity contribution in [2.75, 3.05) is 31.1 Å². The van der Waals surface area contributed by atoms with Gasteiger partial charge in [0.05, 0.1) is 6.10 Å².